The summed E-state index contributed by atoms with van der Waals surface area (Å²) in [4.78, 5) is 29.1. The van der Waals surface area contributed by atoms with Crippen molar-refractivity contribution < 1.29 is 9.66 Å². The van der Waals surface area contributed by atoms with Crippen LogP contribution in [0.2, 0.25) is 0 Å². The third kappa shape index (κ3) is 5.65. The van der Waals surface area contributed by atoms with Crippen LogP contribution in [0, 0.1) is 15.5 Å². The van der Waals surface area contributed by atoms with Crippen molar-refractivity contribution in [2.24, 2.45) is 10.5 Å². The Kier molecular flexibility index (Phi) is 7.31. The molecule has 174 valence electrons. The molecule has 0 N–H and O–H groups in total. The molecule has 0 fully saturated rings. The lowest BCUT2D eigenvalue weighted by Crippen LogP contribution is -2.24. The fraction of sp³-hybridized carbons (Fsp3) is 0.375. The summed E-state index contributed by atoms with van der Waals surface area (Å²) in [6, 6.07) is 9.97. The van der Waals surface area contributed by atoms with Gasteiger partial charge in [0.2, 0.25) is 5.75 Å². The molecule has 0 aliphatic carbocycles. The van der Waals surface area contributed by atoms with E-state index < -0.39 is 4.92 Å². The number of hydrogen-bond acceptors (Lipinski definition) is 6. The summed E-state index contributed by atoms with van der Waals surface area (Å²) in [6.45, 7) is 10.2. The lowest BCUT2D eigenvalue weighted by Gasteiger charge is -2.19. The zero-order valence-corrected chi connectivity index (χ0v) is 20.9. The molecule has 0 saturated heterocycles. The first-order chi connectivity index (χ1) is 15.5. The van der Waals surface area contributed by atoms with Gasteiger partial charge < -0.3 is 4.74 Å². The quantitative estimate of drug-likeness (QED) is 0.222. The van der Waals surface area contributed by atoms with E-state index in [1.807, 2.05) is 40.7 Å². The average molecular weight is 515 g/mol. The molecule has 0 saturated carbocycles. The minimum atomic E-state index is -0.485. The van der Waals surface area contributed by atoms with Crippen LogP contribution in [0.15, 0.2) is 50.8 Å². The van der Waals surface area contributed by atoms with Gasteiger partial charge in [0.05, 0.1) is 28.6 Å². The predicted octanol–water partition coefficient (Wildman–Crippen LogP) is 5.89. The number of nitro benzene ring substituents is 1. The van der Waals surface area contributed by atoms with Gasteiger partial charge in [0.25, 0.3) is 5.56 Å². The molecule has 0 spiro atoms. The summed E-state index contributed by atoms with van der Waals surface area (Å²) in [5, 5.41) is 16.5. The predicted molar refractivity (Wildman–Crippen MR) is 133 cm³/mol. The third-order valence-corrected chi connectivity index (χ3v) is 5.56. The molecule has 2 aromatic carbocycles. The van der Waals surface area contributed by atoms with Crippen molar-refractivity contribution in [3.63, 3.8) is 0 Å². The molecule has 0 aliphatic heterocycles. The molecule has 0 amide bonds. The van der Waals surface area contributed by atoms with E-state index in [9.17, 15) is 14.9 Å². The molecule has 1 atom stereocenters. The lowest BCUT2D eigenvalue weighted by molar-refractivity contribution is -0.386. The number of fused-ring (bicyclic) bond motifs is 1. The van der Waals surface area contributed by atoms with Crippen LogP contribution in [-0.4, -0.2) is 27.4 Å². The number of benzene rings is 2. The van der Waals surface area contributed by atoms with Crippen LogP contribution >= 0.6 is 15.9 Å². The second-order valence-corrected chi connectivity index (χ2v) is 10.0. The monoisotopic (exact) mass is 514 g/mol. The van der Waals surface area contributed by atoms with Crippen molar-refractivity contribution in [3.8, 4) is 5.75 Å². The largest absolute Gasteiger partial charge is 0.486 e. The maximum absolute atomic E-state index is 13.3. The first kappa shape index (κ1) is 24.6. The number of hydrogen-bond donors (Lipinski definition) is 0. The van der Waals surface area contributed by atoms with E-state index in [0.717, 1.165) is 10.9 Å². The highest BCUT2D eigenvalue weighted by atomic mass is 79.9. The highest BCUT2D eigenvalue weighted by molar-refractivity contribution is 9.10. The second kappa shape index (κ2) is 9.82. The van der Waals surface area contributed by atoms with Gasteiger partial charge in [-0.2, -0.15) is 9.78 Å². The molecule has 0 radical (unpaired) electrons. The first-order valence-corrected chi connectivity index (χ1v) is 11.5. The lowest BCUT2D eigenvalue weighted by atomic mass is 9.98. The Morgan fingerprint density at radius 1 is 1.30 bits per heavy atom. The van der Waals surface area contributed by atoms with Gasteiger partial charge in [0.1, 0.15) is 5.82 Å². The molecular weight excluding hydrogens is 488 g/mol. The van der Waals surface area contributed by atoms with Crippen molar-refractivity contribution >= 4 is 38.7 Å². The molecule has 8 nitrogen and oxygen atoms in total. The van der Waals surface area contributed by atoms with Crippen molar-refractivity contribution in [2.75, 3.05) is 6.61 Å². The van der Waals surface area contributed by atoms with Crippen LogP contribution in [0.25, 0.3) is 10.9 Å². The van der Waals surface area contributed by atoms with Gasteiger partial charge in [0.15, 0.2) is 0 Å². The molecule has 33 heavy (non-hydrogen) atoms. The topological polar surface area (TPSA) is 99.6 Å². The minimum Gasteiger partial charge on any atom is -0.486 e. The number of ether oxygens (including phenoxy) is 1. The number of halogens is 1. The van der Waals surface area contributed by atoms with E-state index in [1.54, 1.807) is 24.3 Å². The molecular formula is C24H27BrN4O4. The maximum atomic E-state index is 13.3. The fourth-order valence-corrected chi connectivity index (χ4v) is 3.49. The molecule has 9 heteroatoms. The number of nitrogens with zero attached hydrogens (tertiary/aromatic N) is 4. The normalized spacial score (nSPS) is 12.9. The van der Waals surface area contributed by atoms with E-state index in [1.165, 1.54) is 17.0 Å². The highest BCUT2D eigenvalue weighted by Gasteiger charge is 2.22. The Morgan fingerprint density at radius 3 is 2.67 bits per heavy atom. The van der Waals surface area contributed by atoms with Crippen LogP contribution in [0.4, 0.5) is 5.69 Å². The first-order valence-electron chi connectivity index (χ1n) is 10.7. The molecule has 3 aromatic rings. The zero-order chi connectivity index (χ0) is 24.3. The van der Waals surface area contributed by atoms with Crippen LogP contribution in [0.1, 0.15) is 58.3 Å². The fourth-order valence-electron chi connectivity index (χ4n) is 3.13. The van der Waals surface area contributed by atoms with E-state index >= 15 is 0 Å². The summed E-state index contributed by atoms with van der Waals surface area (Å²) in [5.41, 5.74) is 0.335. The number of rotatable bonds is 7. The van der Waals surface area contributed by atoms with Gasteiger partial charge in [-0.1, -0.05) is 56.6 Å². The van der Waals surface area contributed by atoms with Gasteiger partial charge in [-0.15, -0.1) is 0 Å². The summed E-state index contributed by atoms with van der Waals surface area (Å²) >= 11 is 3.40. The molecule has 3 rings (SSSR count). The minimum absolute atomic E-state index is 0.0235. The van der Waals surface area contributed by atoms with Crippen LogP contribution in [0.5, 0.6) is 5.75 Å². The van der Waals surface area contributed by atoms with Crippen molar-refractivity contribution in [2.45, 2.75) is 47.0 Å². The summed E-state index contributed by atoms with van der Waals surface area (Å²) < 4.78 is 7.89. The molecule has 0 aliphatic rings. The van der Waals surface area contributed by atoms with Gasteiger partial charge in [-0.3, -0.25) is 14.9 Å². The van der Waals surface area contributed by atoms with Gasteiger partial charge in [-0.05, 0) is 36.1 Å². The summed E-state index contributed by atoms with van der Waals surface area (Å²) in [6.07, 6.45) is 2.19. The summed E-state index contributed by atoms with van der Waals surface area (Å²) in [5.74, 6) is 0.622. The van der Waals surface area contributed by atoms with Crippen LogP contribution in [-0.2, 0) is 0 Å². The zero-order valence-electron chi connectivity index (χ0n) is 19.3. The van der Waals surface area contributed by atoms with Crippen molar-refractivity contribution in [3.05, 3.63) is 72.7 Å². The van der Waals surface area contributed by atoms with E-state index in [0.29, 0.717) is 22.3 Å². The van der Waals surface area contributed by atoms with Gasteiger partial charge >= 0.3 is 5.69 Å². The maximum Gasteiger partial charge on any atom is 0.311 e. The second-order valence-electron chi connectivity index (χ2n) is 9.10. The van der Waals surface area contributed by atoms with Gasteiger partial charge in [-0.25, -0.2) is 4.98 Å². The molecule has 0 unspecified atom stereocenters. The van der Waals surface area contributed by atoms with Crippen LogP contribution < -0.4 is 10.3 Å². The Hall–Kier alpha value is -3.07. The number of para-hydroxylation sites is 1. The Labute approximate surface area is 200 Å². The smallest absolute Gasteiger partial charge is 0.311 e. The number of aromatic nitrogens is 2. The Morgan fingerprint density at radius 2 is 2.03 bits per heavy atom. The Balaban J connectivity index is 2.17. The average Bonchev–Trinajstić information content (AvgIpc) is 2.76. The highest BCUT2D eigenvalue weighted by Crippen LogP contribution is 2.31. The van der Waals surface area contributed by atoms with Gasteiger partial charge in [0, 0.05) is 22.0 Å². The Bertz CT molecular complexity index is 1280. The SMILES string of the molecule is CC[C@@H](C)c1nc2ccc(Br)cc2c(=O)n1N=Cc1cccc([N+](=O)[O-])c1OCC(C)(C)C. The third-order valence-electron chi connectivity index (χ3n) is 5.07. The van der Waals surface area contributed by atoms with Crippen molar-refractivity contribution in [1.29, 1.82) is 0 Å². The summed E-state index contributed by atoms with van der Waals surface area (Å²) in [7, 11) is 0. The standard InChI is InChI=1S/C24H27BrN4O4/c1-6-15(2)22-27-19-11-10-17(25)12-18(19)23(30)28(22)26-13-16-8-7-9-20(29(31)32)21(16)33-14-24(3,4)5/h7-13,15H,6,14H2,1-5H3/t15-/m1/s1. The van der Waals surface area contributed by atoms with Crippen LogP contribution in [0.3, 0.4) is 0 Å². The van der Waals surface area contributed by atoms with E-state index in [4.69, 9.17) is 4.74 Å². The molecule has 1 aromatic heterocycles. The number of nitro groups is 1. The van der Waals surface area contributed by atoms with E-state index in [2.05, 4.69) is 26.0 Å². The molecule has 0 bridgehead atoms. The van der Waals surface area contributed by atoms with E-state index in [-0.39, 0.29) is 34.9 Å². The van der Waals surface area contributed by atoms with Crippen molar-refractivity contribution in [1.82, 2.24) is 9.66 Å². The molecule has 1 heterocycles.